The first-order valence-electron chi connectivity index (χ1n) is 7.27. The quantitative estimate of drug-likeness (QED) is 0.669. The molecule has 5 heteroatoms. The Morgan fingerprint density at radius 1 is 1.05 bits per heavy atom. The molecule has 0 bridgehead atoms. The van der Waals surface area contributed by atoms with Crippen LogP contribution in [0.15, 0.2) is 36.4 Å². The van der Waals surface area contributed by atoms with Gasteiger partial charge in [-0.25, -0.2) is 0 Å². The van der Waals surface area contributed by atoms with Crippen LogP contribution in [0.5, 0.6) is 0 Å². The molecule has 1 heterocycles. The molecule has 0 aromatic heterocycles. The van der Waals surface area contributed by atoms with Crippen LogP contribution in [0.2, 0.25) is 0 Å². The number of carbonyl (C=O) groups is 3. The molecule has 0 radical (unpaired) electrons. The fourth-order valence-corrected chi connectivity index (χ4v) is 3.36. The Labute approximate surface area is 128 Å². The monoisotopic (exact) mass is 299 g/mol. The van der Waals surface area contributed by atoms with Gasteiger partial charge in [0.1, 0.15) is 0 Å². The van der Waals surface area contributed by atoms with Crippen LogP contribution in [0.25, 0.3) is 0 Å². The molecule has 4 atom stereocenters. The molecule has 3 rings (SSSR count). The van der Waals surface area contributed by atoms with E-state index in [0.29, 0.717) is 5.69 Å². The fraction of sp³-hybridized carbons (Fsp3) is 0.353. The van der Waals surface area contributed by atoms with E-state index in [-0.39, 0.29) is 11.8 Å². The highest BCUT2D eigenvalue weighted by Crippen LogP contribution is 2.43. The lowest BCUT2D eigenvalue weighted by molar-refractivity contribution is -0.145. The molecule has 22 heavy (non-hydrogen) atoms. The lowest BCUT2D eigenvalue weighted by atomic mass is 9.72. The number of allylic oxidation sites excluding steroid dienone is 1. The standard InChI is InChI=1S/C17H17NO4/c1-9-3-6-11(7-4-9)18-15(19)13-10(2)5-8-12(17(21)22)14(13)16(18)20/h3-8,10,12-14H,1-2H3,(H,21,22)/t10-,12-,13-,14-/m1/s1. The van der Waals surface area contributed by atoms with Gasteiger partial charge >= 0.3 is 5.97 Å². The minimum Gasteiger partial charge on any atom is -0.481 e. The van der Waals surface area contributed by atoms with E-state index < -0.39 is 29.6 Å². The molecule has 0 saturated carbocycles. The number of carbonyl (C=O) groups excluding carboxylic acids is 2. The Bertz CT molecular complexity index is 676. The van der Waals surface area contributed by atoms with Crippen molar-refractivity contribution in [2.24, 2.45) is 23.7 Å². The number of amides is 2. The molecule has 1 aromatic rings. The third kappa shape index (κ3) is 2.04. The second-order valence-electron chi connectivity index (χ2n) is 6.01. The van der Waals surface area contributed by atoms with Crippen LogP contribution in [-0.2, 0) is 14.4 Å². The third-order valence-corrected chi connectivity index (χ3v) is 4.55. The summed E-state index contributed by atoms with van der Waals surface area (Å²) in [5.41, 5.74) is 1.53. The van der Waals surface area contributed by atoms with Crippen LogP contribution in [0.3, 0.4) is 0 Å². The van der Waals surface area contributed by atoms with Gasteiger partial charge in [0.2, 0.25) is 11.8 Å². The van der Waals surface area contributed by atoms with Gasteiger partial charge in [-0.2, -0.15) is 0 Å². The second-order valence-corrected chi connectivity index (χ2v) is 6.01. The van der Waals surface area contributed by atoms with E-state index in [1.165, 1.54) is 6.08 Å². The Morgan fingerprint density at radius 3 is 2.23 bits per heavy atom. The van der Waals surface area contributed by atoms with E-state index in [1.807, 2.05) is 26.0 Å². The predicted molar refractivity (Wildman–Crippen MR) is 80.1 cm³/mol. The van der Waals surface area contributed by atoms with Gasteiger partial charge in [-0.1, -0.05) is 36.8 Å². The number of carboxylic acids is 1. The number of hydrogen-bond acceptors (Lipinski definition) is 3. The Hall–Kier alpha value is -2.43. The van der Waals surface area contributed by atoms with Gasteiger partial charge in [0.05, 0.1) is 23.4 Å². The summed E-state index contributed by atoms with van der Waals surface area (Å²) < 4.78 is 0. The van der Waals surface area contributed by atoms with Crippen LogP contribution in [0.4, 0.5) is 5.69 Å². The predicted octanol–water partition coefficient (Wildman–Crippen LogP) is 2.01. The van der Waals surface area contributed by atoms with Crippen LogP contribution in [0, 0.1) is 30.6 Å². The molecule has 2 aliphatic rings. The zero-order valence-electron chi connectivity index (χ0n) is 12.4. The number of imide groups is 1. The highest BCUT2D eigenvalue weighted by molar-refractivity contribution is 6.23. The number of nitrogens with zero attached hydrogens (tertiary/aromatic N) is 1. The second kappa shape index (κ2) is 5.09. The van der Waals surface area contributed by atoms with Crippen molar-refractivity contribution in [2.75, 3.05) is 4.90 Å². The molecule has 114 valence electrons. The summed E-state index contributed by atoms with van der Waals surface area (Å²) in [6.45, 7) is 3.76. The van der Waals surface area contributed by atoms with Gasteiger partial charge in [0, 0.05) is 0 Å². The summed E-state index contributed by atoms with van der Waals surface area (Å²) in [5, 5.41) is 9.34. The van der Waals surface area contributed by atoms with E-state index in [1.54, 1.807) is 18.2 Å². The van der Waals surface area contributed by atoms with Crippen molar-refractivity contribution in [3.8, 4) is 0 Å². The van der Waals surface area contributed by atoms with Crippen LogP contribution >= 0.6 is 0 Å². The molecule has 1 aliphatic carbocycles. The van der Waals surface area contributed by atoms with Gasteiger partial charge < -0.3 is 5.11 Å². The molecule has 1 aromatic carbocycles. The molecule has 1 aliphatic heterocycles. The molecular weight excluding hydrogens is 282 g/mol. The van der Waals surface area contributed by atoms with Gasteiger partial charge in [-0.3, -0.25) is 19.3 Å². The van der Waals surface area contributed by atoms with Crippen LogP contribution in [0.1, 0.15) is 12.5 Å². The number of fused-ring (bicyclic) bond motifs is 1. The van der Waals surface area contributed by atoms with E-state index in [0.717, 1.165) is 10.5 Å². The molecule has 5 nitrogen and oxygen atoms in total. The lowest BCUT2D eigenvalue weighted by Crippen LogP contribution is -2.36. The first kappa shape index (κ1) is 14.5. The Kier molecular flexibility index (Phi) is 3.35. The summed E-state index contributed by atoms with van der Waals surface area (Å²) in [4.78, 5) is 38.0. The van der Waals surface area contributed by atoms with E-state index in [2.05, 4.69) is 0 Å². The smallest absolute Gasteiger partial charge is 0.311 e. The number of rotatable bonds is 2. The summed E-state index contributed by atoms with van der Waals surface area (Å²) >= 11 is 0. The van der Waals surface area contributed by atoms with Crippen molar-refractivity contribution >= 4 is 23.5 Å². The first-order chi connectivity index (χ1) is 10.4. The van der Waals surface area contributed by atoms with Gasteiger partial charge in [-0.15, -0.1) is 0 Å². The largest absolute Gasteiger partial charge is 0.481 e. The highest BCUT2D eigenvalue weighted by Gasteiger charge is 2.55. The first-order valence-corrected chi connectivity index (χ1v) is 7.27. The Morgan fingerprint density at radius 2 is 1.64 bits per heavy atom. The average Bonchev–Trinajstić information content (AvgIpc) is 2.73. The number of anilines is 1. The van der Waals surface area contributed by atoms with Crippen LogP contribution < -0.4 is 4.90 Å². The number of carboxylic acid groups (broad SMARTS) is 1. The van der Waals surface area contributed by atoms with Crippen molar-refractivity contribution < 1.29 is 19.5 Å². The molecule has 0 unspecified atom stereocenters. The topological polar surface area (TPSA) is 74.7 Å². The molecule has 1 saturated heterocycles. The minimum atomic E-state index is -1.06. The maximum atomic E-state index is 12.7. The Balaban J connectivity index is 2.03. The number of aryl methyl sites for hydroxylation is 1. The van der Waals surface area contributed by atoms with Crippen LogP contribution in [-0.4, -0.2) is 22.9 Å². The van der Waals surface area contributed by atoms with Crippen molar-refractivity contribution in [1.29, 1.82) is 0 Å². The third-order valence-electron chi connectivity index (χ3n) is 4.55. The van der Waals surface area contributed by atoms with Crippen molar-refractivity contribution in [3.63, 3.8) is 0 Å². The summed E-state index contributed by atoms with van der Waals surface area (Å²) in [5.74, 6) is -4.28. The fourth-order valence-electron chi connectivity index (χ4n) is 3.36. The summed E-state index contributed by atoms with van der Waals surface area (Å²) in [6, 6.07) is 7.09. The maximum absolute atomic E-state index is 12.7. The highest BCUT2D eigenvalue weighted by atomic mass is 16.4. The van der Waals surface area contributed by atoms with Gasteiger partial charge in [0.25, 0.3) is 0 Å². The average molecular weight is 299 g/mol. The summed E-state index contributed by atoms with van der Waals surface area (Å²) in [7, 11) is 0. The van der Waals surface area contributed by atoms with Crippen molar-refractivity contribution in [3.05, 3.63) is 42.0 Å². The maximum Gasteiger partial charge on any atom is 0.311 e. The molecule has 1 N–H and O–H groups in total. The lowest BCUT2D eigenvalue weighted by Gasteiger charge is -2.27. The molecular formula is C17H17NO4. The molecule has 2 amide bonds. The van der Waals surface area contributed by atoms with Gasteiger partial charge in [-0.05, 0) is 25.0 Å². The minimum absolute atomic E-state index is 0.146. The van der Waals surface area contributed by atoms with E-state index in [9.17, 15) is 19.5 Å². The summed E-state index contributed by atoms with van der Waals surface area (Å²) in [6.07, 6.45) is 3.27. The van der Waals surface area contributed by atoms with Gasteiger partial charge in [0.15, 0.2) is 0 Å². The zero-order valence-corrected chi connectivity index (χ0v) is 12.4. The number of benzene rings is 1. The van der Waals surface area contributed by atoms with E-state index in [4.69, 9.17) is 0 Å². The molecule has 0 spiro atoms. The van der Waals surface area contributed by atoms with Crippen molar-refractivity contribution in [1.82, 2.24) is 0 Å². The normalized spacial score (nSPS) is 30.5. The number of aliphatic carboxylic acids is 1. The zero-order chi connectivity index (χ0) is 16.0. The van der Waals surface area contributed by atoms with Crippen molar-refractivity contribution in [2.45, 2.75) is 13.8 Å². The SMILES string of the molecule is Cc1ccc(N2C(=O)[C@H]3[C@H](C2=O)[C@H](C(=O)O)C=C[C@H]3C)cc1. The molecule has 1 fully saturated rings. The van der Waals surface area contributed by atoms with E-state index >= 15 is 0 Å². The number of hydrogen-bond donors (Lipinski definition) is 1.